The molecular formula is C15H32N2O2. The lowest BCUT2D eigenvalue weighted by Gasteiger charge is -2.39. The van der Waals surface area contributed by atoms with Crippen LogP contribution in [-0.2, 0) is 9.47 Å². The van der Waals surface area contributed by atoms with Gasteiger partial charge in [-0.25, -0.2) is 0 Å². The molecule has 0 saturated heterocycles. The Morgan fingerprint density at radius 2 is 1.79 bits per heavy atom. The van der Waals surface area contributed by atoms with Gasteiger partial charge in [-0.1, -0.05) is 19.8 Å². The third-order valence-electron chi connectivity index (χ3n) is 4.40. The second kappa shape index (κ2) is 9.70. The summed E-state index contributed by atoms with van der Waals surface area (Å²) < 4.78 is 10.5. The van der Waals surface area contributed by atoms with Crippen LogP contribution in [0, 0.1) is 11.8 Å². The molecule has 0 amide bonds. The zero-order valence-electron chi connectivity index (χ0n) is 12.9. The van der Waals surface area contributed by atoms with Crippen LogP contribution >= 0.6 is 0 Å². The molecule has 0 aromatic heterocycles. The van der Waals surface area contributed by atoms with Gasteiger partial charge in [0.25, 0.3) is 0 Å². The highest BCUT2D eigenvalue weighted by molar-refractivity contribution is 4.84. The fourth-order valence-corrected chi connectivity index (χ4v) is 3.33. The summed E-state index contributed by atoms with van der Waals surface area (Å²) in [7, 11) is 3.52. The first kappa shape index (κ1) is 16.9. The first-order valence-corrected chi connectivity index (χ1v) is 7.64. The topological polar surface area (TPSA) is 47.7 Å². The van der Waals surface area contributed by atoms with Crippen molar-refractivity contribution in [2.75, 3.05) is 47.1 Å². The number of hydrogen-bond donors (Lipinski definition) is 1. The minimum Gasteiger partial charge on any atom is -0.383 e. The van der Waals surface area contributed by atoms with Crippen molar-refractivity contribution in [1.82, 2.24) is 4.90 Å². The van der Waals surface area contributed by atoms with Gasteiger partial charge in [0.15, 0.2) is 0 Å². The standard InChI is InChI=1S/C15H32N2O2/c1-13-5-4-6-14(11-13)15(12-16)17(7-9-18-2)8-10-19-3/h13-15H,4-12,16H2,1-3H3. The van der Waals surface area contributed by atoms with E-state index in [4.69, 9.17) is 15.2 Å². The smallest absolute Gasteiger partial charge is 0.0589 e. The van der Waals surface area contributed by atoms with E-state index < -0.39 is 0 Å². The second-order valence-electron chi connectivity index (χ2n) is 5.86. The van der Waals surface area contributed by atoms with Crippen LogP contribution < -0.4 is 5.73 Å². The van der Waals surface area contributed by atoms with Crippen molar-refractivity contribution in [2.24, 2.45) is 17.6 Å². The predicted molar refractivity (Wildman–Crippen MR) is 79.3 cm³/mol. The second-order valence-corrected chi connectivity index (χ2v) is 5.86. The van der Waals surface area contributed by atoms with Crippen LogP contribution in [0.4, 0.5) is 0 Å². The summed E-state index contributed by atoms with van der Waals surface area (Å²) in [6.07, 6.45) is 5.37. The van der Waals surface area contributed by atoms with Crippen LogP contribution in [0.2, 0.25) is 0 Å². The normalized spacial score (nSPS) is 25.7. The minimum atomic E-state index is 0.480. The highest BCUT2D eigenvalue weighted by atomic mass is 16.5. The SMILES string of the molecule is COCCN(CCOC)C(CN)C1CCCC(C)C1. The molecule has 1 aliphatic carbocycles. The largest absolute Gasteiger partial charge is 0.383 e. The fourth-order valence-electron chi connectivity index (χ4n) is 3.33. The first-order chi connectivity index (χ1) is 9.22. The third kappa shape index (κ3) is 5.78. The predicted octanol–water partition coefficient (Wildman–Crippen LogP) is 1.73. The van der Waals surface area contributed by atoms with Crippen LogP contribution in [0.3, 0.4) is 0 Å². The van der Waals surface area contributed by atoms with Crippen LogP contribution in [0.5, 0.6) is 0 Å². The van der Waals surface area contributed by atoms with E-state index in [0.717, 1.165) is 44.7 Å². The molecule has 1 saturated carbocycles. The zero-order valence-corrected chi connectivity index (χ0v) is 12.9. The van der Waals surface area contributed by atoms with Gasteiger partial charge in [0, 0.05) is 39.9 Å². The van der Waals surface area contributed by atoms with Gasteiger partial charge >= 0.3 is 0 Å². The van der Waals surface area contributed by atoms with E-state index in [1.165, 1.54) is 25.7 Å². The molecule has 1 aliphatic rings. The number of nitrogens with zero attached hydrogens (tertiary/aromatic N) is 1. The molecule has 0 aliphatic heterocycles. The van der Waals surface area contributed by atoms with Crippen molar-refractivity contribution in [2.45, 2.75) is 38.6 Å². The number of ether oxygens (including phenoxy) is 2. The van der Waals surface area contributed by atoms with Gasteiger partial charge in [-0.2, -0.15) is 0 Å². The van der Waals surface area contributed by atoms with E-state index in [-0.39, 0.29) is 0 Å². The minimum absolute atomic E-state index is 0.480. The van der Waals surface area contributed by atoms with Crippen LogP contribution in [0.15, 0.2) is 0 Å². The average Bonchev–Trinajstić information content (AvgIpc) is 2.42. The maximum absolute atomic E-state index is 6.07. The van der Waals surface area contributed by atoms with E-state index in [2.05, 4.69) is 11.8 Å². The monoisotopic (exact) mass is 272 g/mol. The van der Waals surface area contributed by atoms with Crippen LogP contribution in [0.1, 0.15) is 32.6 Å². The Hall–Kier alpha value is -0.160. The summed E-state index contributed by atoms with van der Waals surface area (Å²) in [5, 5.41) is 0. The van der Waals surface area contributed by atoms with E-state index in [9.17, 15) is 0 Å². The Bertz CT molecular complexity index is 218. The zero-order chi connectivity index (χ0) is 14.1. The number of methoxy groups -OCH3 is 2. The van der Waals surface area contributed by atoms with Crippen molar-refractivity contribution < 1.29 is 9.47 Å². The lowest BCUT2D eigenvalue weighted by Crippen LogP contribution is -2.49. The summed E-state index contributed by atoms with van der Waals surface area (Å²) >= 11 is 0. The molecule has 4 nitrogen and oxygen atoms in total. The summed E-state index contributed by atoms with van der Waals surface area (Å²) in [5.74, 6) is 1.59. The highest BCUT2D eigenvalue weighted by Gasteiger charge is 2.29. The van der Waals surface area contributed by atoms with Gasteiger partial charge < -0.3 is 15.2 Å². The molecule has 1 fully saturated rings. The van der Waals surface area contributed by atoms with E-state index in [1.807, 2.05) is 0 Å². The molecular weight excluding hydrogens is 240 g/mol. The highest BCUT2D eigenvalue weighted by Crippen LogP contribution is 2.32. The Morgan fingerprint density at radius 1 is 1.16 bits per heavy atom. The van der Waals surface area contributed by atoms with Crippen molar-refractivity contribution in [3.05, 3.63) is 0 Å². The van der Waals surface area contributed by atoms with Crippen molar-refractivity contribution in [3.8, 4) is 0 Å². The first-order valence-electron chi connectivity index (χ1n) is 7.64. The van der Waals surface area contributed by atoms with Crippen molar-refractivity contribution in [1.29, 1.82) is 0 Å². The Kier molecular flexibility index (Phi) is 8.62. The maximum Gasteiger partial charge on any atom is 0.0589 e. The molecule has 3 atom stereocenters. The Labute approximate surface area is 118 Å². The van der Waals surface area contributed by atoms with Crippen molar-refractivity contribution in [3.63, 3.8) is 0 Å². The van der Waals surface area contributed by atoms with Crippen molar-refractivity contribution >= 4 is 0 Å². The molecule has 3 unspecified atom stereocenters. The number of nitrogens with two attached hydrogens (primary N) is 1. The molecule has 4 heteroatoms. The number of hydrogen-bond acceptors (Lipinski definition) is 4. The molecule has 2 N–H and O–H groups in total. The fraction of sp³-hybridized carbons (Fsp3) is 1.00. The lowest BCUT2D eigenvalue weighted by molar-refractivity contribution is 0.0543. The molecule has 0 spiro atoms. The molecule has 0 heterocycles. The van der Waals surface area contributed by atoms with Gasteiger partial charge in [-0.15, -0.1) is 0 Å². The van der Waals surface area contributed by atoms with E-state index in [0.29, 0.717) is 6.04 Å². The molecule has 1 rings (SSSR count). The average molecular weight is 272 g/mol. The molecule has 114 valence electrons. The van der Waals surface area contributed by atoms with Gasteiger partial charge in [0.1, 0.15) is 0 Å². The van der Waals surface area contributed by atoms with Gasteiger partial charge in [-0.3, -0.25) is 4.90 Å². The summed E-state index contributed by atoms with van der Waals surface area (Å²) in [4.78, 5) is 2.47. The van der Waals surface area contributed by atoms with Gasteiger partial charge in [-0.05, 0) is 24.7 Å². The quantitative estimate of drug-likeness (QED) is 0.694. The lowest BCUT2D eigenvalue weighted by atomic mass is 9.78. The van der Waals surface area contributed by atoms with Gasteiger partial charge in [0.2, 0.25) is 0 Å². The Balaban J connectivity index is 2.58. The molecule has 0 bridgehead atoms. The Morgan fingerprint density at radius 3 is 2.26 bits per heavy atom. The van der Waals surface area contributed by atoms with Crippen LogP contribution in [0.25, 0.3) is 0 Å². The molecule has 0 radical (unpaired) electrons. The maximum atomic E-state index is 6.07. The van der Waals surface area contributed by atoms with E-state index in [1.54, 1.807) is 14.2 Å². The molecule has 0 aromatic carbocycles. The van der Waals surface area contributed by atoms with Crippen LogP contribution in [-0.4, -0.2) is 58.0 Å². The number of rotatable bonds is 9. The summed E-state index contributed by atoms with van der Waals surface area (Å²) in [6.45, 7) is 6.55. The third-order valence-corrected chi connectivity index (χ3v) is 4.40. The summed E-state index contributed by atoms with van der Waals surface area (Å²) in [6, 6.07) is 0.480. The summed E-state index contributed by atoms with van der Waals surface area (Å²) in [5.41, 5.74) is 6.07. The molecule has 19 heavy (non-hydrogen) atoms. The molecule has 0 aromatic rings. The van der Waals surface area contributed by atoms with E-state index >= 15 is 0 Å². The van der Waals surface area contributed by atoms with Gasteiger partial charge in [0.05, 0.1) is 13.2 Å².